The Morgan fingerprint density at radius 1 is 1.23 bits per heavy atom. The number of anilines is 2. The van der Waals surface area contributed by atoms with Gasteiger partial charge in [0.2, 0.25) is 0 Å². The molecule has 22 heavy (non-hydrogen) atoms. The second kappa shape index (κ2) is 6.66. The van der Waals surface area contributed by atoms with Crippen molar-refractivity contribution in [3.8, 4) is 0 Å². The van der Waals surface area contributed by atoms with Crippen molar-refractivity contribution in [3.63, 3.8) is 0 Å². The summed E-state index contributed by atoms with van der Waals surface area (Å²) in [5.74, 6) is 0.943. The summed E-state index contributed by atoms with van der Waals surface area (Å²) in [5, 5.41) is 6.28. The van der Waals surface area contributed by atoms with Gasteiger partial charge < -0.3 is 15.5 Å². The number of para-hydroxylation sites is 1. The van der Waals surface area contributed by atoms with Crippen molar-refractivity contribution in [1.82, 2.24) is 10.3 Å². The second-order valence-electron chi connectivity index (χ2n) is 5.20. The molecule has 0 spiro atoms. The van der Waals surface area contributed by atoms with Gasteiger partial charge in [-0.2, -0.15) is 0 Å². The van der Waals surface area contributed by atoms with E-state index in [1.807, 2.05) is 30.3 Å². The number of hydrogen-bond acceptors (Lipinski definition) is 3. The number of benzene rings is 1. The van der Waals surface area contributed by atoms with Gasteiger partial charge >= 0.3 is 6.03 Å². The molecule has 0 bridgehead atoms. The number of urea groups is 1. The summed E-state index contributed by atoms with van der Waals surface area (Å²) < 4.78 is 0. The number of rotatable bonds is 3. The average Bonchev–Trinajstić information content (AvgIpc) is 2.99. The van der Waals surface area contributed by atoms with Gasteiger partial charge in [0.1, 0.15) is 5.82 Å². The molecular formula is C16H17ClN4O. The molecule has 2 N–H and O–H groups in total. The standard InChI is InChI=1S/C16H17ClN4O/c17-13-5-1-2-6-14(13)20-16(22)19-12-8-10-21(11-12)15-7-3-4-9-18-15/h1-7,9,12H,8,10-11H2,(H2,19,20,22)/t12-/m0/s1. The van der Waals surface area contributed by atoms with Gasteiger partial charge in [0.15, 0.2) is 0 Å². The third-order valence-corrected chi connectivity index (χ3v) is 3.95. The number of carbonyl (C=O) groups is 1. The first kappa shape index (κ1) is 14.7. The minimum atomic E-state index is -0.235. The summed E-state index contributed by atoms with van der Waals surface area (Å²) in [5.41, 5.74) is 0.612. The maximum Gasteiger partial charge on any atom is 0.319 e. The van der Waals surface area contributed by atoms with Crippen molar-refractivity contribution in [2.24, 2.45) is 0 Å². The first-order valence-corrected chi connectivity index (χ1v) is 7.58. The molecule has 1 aromatic heterocycles. The minimum Gasteiger partial charge on any atom is -0.354 e. The first-order valence-electron chi connectivity index (χ1n) is 7.20. The minimum absolute atomic E-state index is 0.101. The third kappa shape index (κ3) is 3.49. The molecule has 2 heterocycles. The van der Waals surface area contributed by atoms with Crippen LogP contribution in [0.25, 0.3) is 0 Å². The summed E-state index contributed by atoms with van der Waals surface area (Å²) in [6, 6.07) is 12.9. The maximum absolute atomic E-state index is 12.0. The molecule has 1 aliphatic heterocycles. The molecule has 1 saturated heterocycles. The number of nitrogens with zero attached hydrogens (tertiary/aromatic N) is 2. The lowest BCUT2D eigenvalue weighted by Crippen LogP contribution is -2.39. The molecule has 1 atom stereocenters. The topological polar surface area (TPSA) is 57.3 Å². The van der Waals surface area contributed by atoms with Crippen molar-refractivity contribution in [2.45, 2.75) is 12.5 Å². The van der Waals surface area contributed by atoms with Crippen molar-refractivity contribution in [1.29, 1.82) is 0 Å². The van der Waals surface area contributed by atoms with Gasteiger partial charge in [0, 0.05) is 25.3 Å². The van der Waals surface area contributed by atoms with Crippen molar-refractivity contribution >= 4 is 29.1 Å². The molecule has 114 valence electrons. The summed E-state index contributed by atoms with van der Waals surface area (Å²) in [6.45, 7) is 1.64. The number of pyridine rings is 1. The van der Waals surface area contributed by atoms with E-state index in [2.05, 4.69) is 20.5 Å². The molecule has 1 fully saturated rings. The van der Waals surface area contributed by atoms with Gasteiger partial charge in [-0.25, -0.2) is 9.78 Å². The Balaban J connectivity index is 1.54. The zero-order chi connectivity index (χ0) is 15.4. The number of carbonyl (C=O) groups excluding carboxylic acids is 1. The van der Waals surface area contributed by atoms with E-state index in [1.54, 1.807) is 18.3 Å². The van der Waals surface area contributed by atoms with Crippen LogP contribution in [-0.2, 0) is 0 Å². The second-order valence-corrected chi connectivity index (χ2v) is 5.61. The van der Waals surface area contributed by atoms with E-state index in [9.17, 15) is 4.79 Å². The Morgan fingerprint density at radius 3 is 2.82 bits per heavy atom. The average molecular weight is 317 g/mol. The van der Waals surface area contributed by atoms with Crippen LogP contribution in [0.4, 0.5) is 16.3 Å². The Kier molecular flexibility index (Phi) is 4.44. The highest BCUT2D eigenvalue weighted by Gasteiger charge is 2.24. The molecule has 6 heteroatoms. The van der Waals surface area contributed by atoms with E-state index in [0.29, 0.717) is 10.7 Å². The summed E-state index contributed by atoms with van der Waals surface area (Å²) in [4.78, 5) is 18.5. The number of aromatic nitrogens is 1. The molecule has 2 aromatic rings. The number of hydrogen-bond donors (Lipinski definition) is 2. The van der Waals surface area contributed by atoms with Crippen LogP contribution < -0.4 is 15.5 Å². The van der Waals surface area contributed by atoms with E-state index in [-0.39, 0.29) is 12.1 Å². The molecule has 0 unspecified atom stereocenters. The highest BCUT2D eigenvalue weighted by molar-refractivity contribution is 6.33. The number of halogens is 1. The Bertz CT molecular complexity index is 650. The molecule has 5 nitrogen and oxygen atoms in total. The normalized spacial score (nSPS) is 17.3. The number of amides is 2. The van der Waals surface area contributed by atoms with E-state index in [1.165, 1.54) is 0 Å². The molecule has 1 aliphatic rings. The lowest BCUT2D eigenvalue weighted by molar-refractivity contribution is 0.249. The predicted molar refractivity (Wildman–Crippen MR) is 88.5 cm³/mol. The van der Waals surface area contributed by atoms with E-state index < -0.39 is 0 Å². The van der Waals surface area contributed by atoms with Crippen molar-refractivity contribution < 1.29 is 4.79 Å². The fourth-order valence-electron chi connectivity index (χ4n) is 2.53. The number of nitrogens with one attached hydrogen (secondary N) is 2. The summed E-state index contributed by atoms with van der Waals surface area (Å²) in [7, 11) is 0. The van der Waals surface area contributed by atoms with Crippen LogP contribution in [0.5, 0.6) is 0 Å². The van der Waals surface area contributed by atoms with Gasteiger partial charge in [-0.1, -0.05) is 29.8 Å². The van der Waals surface area contributed by atoms with Crippen molar-refractivity contribution in [2.75, 3.05) is 23.3 Å². The van der Waals surface area contributed by atoms with E-state index >= 15 is 0 Å². The Morgan fingerprint density at radius 2 is 2.05 bits per heavy atom. The zero-order valence-electron chi connectivity index (χ0n) is 12.0. The molecule has 0 radical (unpaired) electrons. The Labute approximate surface area is 134 Å². The molecule has 0 aliphatic carbocycles. The maximum atomic E-state index is 12.0. The van der Waals surface area contributed by atoms with Crippen LogP contribution in [0.2, 0.25) is 5.02 Å². The Hall–Kier alpha value is -2.27. The zero-order valence-corrected chi connectivity index (χ0v) is 12.8. The van der Waals surface area contributed by atoms with Crippen LogP contribution in [0.15, 0.2) is 48.7 Å². The van der Waals surface area contributed by atoms with E-state index in [4.69, 9.17) is 11.6 Å². The van der Waals surface area contributed by atoms with Gasteiger partial charge in [-0.15, -0.1) is 0 Å². The molecule has 2 amide bonds. The molecule has 1 aromatic carbocycles. The lowest BCUT2D eigenvalue weighted by atomic mass is 10.3. The van der Waals surface area contributed by atoms with Crippen LogP contribution >= 0.6 is 11.6 Å². The fourth-order valence-corrected chi connectivity index (χ4v) is 2.72. The quantitative estimate of drug-likeness (QED) is 0.914. The summed E-state index contributed by atoms with van der Waals surface area (Å²) in [6.07, 6.45) is 2.67. The SMILES string of the molecule is O=C(Nc1ccccc1Cl)N[C@H]1CCN(c2ccccn2)C1. The summed E-state index contributed by atoms with van der Waals surface area (Å²) >= 11 is 6.03. The lowest BCUT2D eigenvalue weighted by Gasteiger charge is -2.18. The highest BCUT2D eigenvalue weighted by atomic mass is 35.5. The van der Waals surface area contributed by atoms with Crippen LogP contribution in [0.1, 0.15) is 6.42 Å². The van der Waals surface area contributed by atoms with Crippen LogP contribution in [-0.4, -0.2) is 30.1 Å². The van der Waals surface area contributed by atoms with Gasteiger partial charge in [0.05, 0.1) is 10.7 Å². The monoisotopic (exact) mass is 316 g/mol. The van der Waals surface area contributed by atoms with Crippen LogP contribution in [0.3, 0.4) is 0 Å². The first-order chi connectivity index (χ1) is 10.7. The largest absolute Gasteiger partial charge is 0.354 e. The molecule has 3 rings (SSSR count). The predicted octanol–water partition coefficient (Wildman–Crippen LogP) is 3.14. The smallest absolute Gasteiger partial charge is 0.319 e. The van der Waals surface area contributed by atoms with Crippen molar-refractivity contribution in [3.05, 3.63) is 53.7 Å². The molecule has 0 saturated carbocycles. The van der Waals surface area contributed by atoms with Gasteiger partial charge in [-0.3, -0.25) is 0 Å². The van der Waals surface area contributed by atoms with E-state index in [0.717, 1.165) is 25.3 Å². The molecular weight excluding hydrogens is 300 g/mol. The van der Waals surface area contributed by atoms with Gasteiger partial charge in [0.25, 0.3) is 0 Å². The fraction of sp³-hybridized carbons (Fsp3) is 0.250. The van der Waals surface area contributed by atoms with Crippen LogP contribution in [0, 0.1) is 0 Å². The van der Waals surface area contributed by atoms with Gasteiger partial charge in [-0.05, 0) is 30.7 Å². The third-order valence-electron chi connectivity index (χ3n) is 3.62. The highest BCUT2D eigenvalue weighted by Crippen LogP contribution is 2.21.